The molecule has 2 aromatic rings. The van der Waals surface area contributed by atoms with Crippen molar-refractivity contribution in [3.8, 4) is 6.07 Å². The third-order valence-corrected chi connectivity index (χ3v) is 6.22. The maximum atomic E-state index is 12.7. The third kappa shape index (κ3) is 4.94. The molecule has 5 heteroatoms. The zero-order valence-corrected chi connectivity index (χ0v) is 19.7. The Labute approximate surface area is 190 Å². The molecule has 0 fully saturated rings. The van der Waals surface area contributed by atoms with E-state index >= 15 is 0 Å². The SMILES string of the molecule is CCCN1c2cc(Cl)c(/C=C(\C#N)C(=O)Nc3cccc(C)c3)cc2C(C)CC1(C)C. The van der Waals surface area contributed by atoms with Crippen LogP contribution in [0.5, 0.6) is 0 Å². The fraction of sp³-hybridized carbons (Fsp3) is 0.385. The molecule has 0 saturated carbocycles. The zero-order chi connectivity index (χ0) is 22.8. The van der Waals surface area contributed by atoms with E-state index in [0.717, 1.165) is 30.6 Å². The van der Waals surface area contributed by atoms with Gasteiger partial charge in [-0.15, -0.1) is 0 Å². The number of anilines is 2. The summed E-state index contributed by atoms with van der Waals surface area (Å²) in [5.41, 5.74) is 4.82. The lowest BCUT2D eigenvalue weighted by Gasteiger charge is -2.47. The Bertz CT molecular complexity index is 1060. The second kappa shape index (κ2) is 9.16. The van der Waals surface area contributed by atoms with Gasteiger partial charge in [-0.2, -0.15) is 5.26 Å². The Kier molecular flexibility index (Phi) is 6.77. The van der Waals surface area contributed by atoms with E-state index in [1.54, 1.807) is 12.1 Å². The number of carbonyl (C=O) groups is 1. The van der Waals surface area contributed by atoms with Crippen molar-refractivity contribution >= 4 is 35.0 Å². The van der Waals surface area contributed by atoms with E-state index in [2.05, 4.69) is 37.9 Å². The normalized spacial score (nSPS) is 17.6. The van der Waals surface area contributed by atoms with Crippen LogP contribution in [0.3, 0.4) is 0 Å². The van der Waals surface area contributed by atoms with Gasteiger partial charge in [-0.05, 0) is 86.6 Å². The Hall–Kier alpha value is -2.77. The molecule has 1 heterocycles. The predicted octanol–water partition coefficient (Wildman–Crippen LogP) is 6.70. The second-order valence-corrected chi connectivity index (χ2v) is 9.40. The molecule has 1 amide bonds. The first-order chi connectivity index (χ1) is 14.7. The van der Waals surface area contributed by atoms with Crippen LogP contribution in [0.2, 0.25) is 5.02 Å². The van der Waals surface area contributed by atoms with Crippen molar-refractivity contribution in [2.24, 2.45) is 0 Å². The van der Waals surface area contributed by atoms with Gasteiger partial charge in [0.1, 0.15) is 11.6 Å². The van der Waals surface area contributed by atoms with Gasteiger partial charge in [0.15, 0.2) is 0 Å². The molecule has 1 unspecified atom stereocenters. The van der Waals surface area contributed by atoms with Crippen LogP contribution in [0.1, 0.15) is 63.1 Å². The Morgan fingerprint density at radius 2 is 2.10 bits per heavy atom. The molecule has 31 heavy (non-hydrogen) atoms. The van der Waals surface area contributed by atoms with E-state index in [-0.39, 0.29) is 11.1 Å². The number of aryl methyl sites for hydroxylation is 1. The largest absolute Gasteiger partial charge is 0.366 e. The van der Waals surface area contributed by atoms with E-state index in [4.69, 9.17) is 11.6 Å². The highest BCUT2D eigenvalue weighted by Crippen LogP contribution is 2.45. The molecule has 0 bridgehead atoms. The minimum Gasteiger partial charge on any atom is -0.366 e. The van der Waals surface area contributed by atoms with Crippen molar-refractivity contribution in [3.05, 3.63) is 63.7 Å². The number of carbonyl (C=O) groups excluding carboxylic acids is 1. The highest BCUT2D eigenvalue weighted by Gasteiger charge is 2.36. The molecule has 4 nitrogen and oxygen atoms in total. The number of nitrogens with zero attached hydrogens (tertiary/aromatic N) is 2. The fourth-order valence-electron chi connectivity index (χ4n) is 4.50. The molecule has 0 aromatic heterocycles. The summed E-state index contributed by atoms with van der Waals surface area (Å²) >= 11 is 6.64. The number of rotatable bonds is 5. The lowest BCUT2D eigenvalue weighted by Crippen LogP contribution is -2.48. The number of nitriles is 1. The van der Waals surface area contributed by atoms with Crippen LogP contribution in [0.25, 0.3) is 6.08 Å². The van der Waals surface area contributed by atoms with Gasteiger partial charge in [0, 0.05) is 28.5 Å². The Balaban J connectivity index is 1.97. The molecule has 1 aliphatic heterocycles. The summed E-state index contributed by atoms with van der Waals surface area (Å²) in [6.07, 6.45) is 3.67. The quantitative estimate of drug-likeness (QED) is 0.420. The van der Waals surface area contributed by atoms with Gasteiger partial charge in [-0.3, -0.25) is 4.79 Å². The molecule has 2 aromatic carbocycles. The van der Waals surface area contributed by atoms with Gasteiger partial charge in [0.2, 0.25) is 0 Å². The molecule has 162 valence electrons. The monoisotopic (exact) mass is 435 g/mol. The van der Waals surface area contributed by atoms with Crippen molar-refractivity contribution in [2.45, 2.75) is 58.9 Å². The highest BCUT2D eigenvalue weighted by atomic mass is 35.5. The van der Waals surface area contributed by atoms with Crippen molar-refractivity contribution in [1.82, 2.24) is 0 Å². The topological polar surface area (TPSA) is 56.1 Å². The van der Waals surface area contributed by atoms with Crippen LogP contribution >= 0.6 is 11.6 Å². The first-order valence-electron chi connectivity index (χ1n) is 10.8. The van der Waals surface area contributed by atoms with Crippen LogP contribution in [0, 0.1) is 18.3 Å². The summed E-state index contributed by atoms with van der Waals surface area (Å²) in [5.74, 6) is -0.0853. The molecule has 1 N–H and O–H groups in total. The average molecular weight is 436 g/mol. The van der Waals surface area contributed by atoms with Gasteiger partial charge in [0.25, 0.3) is 5.91 Å². The maximum Gasteiger partial charge on any atom is 0.266 e. The average Bonchev–Trinajstić information content (AvgIpc) is 2.69. The minimum atomic E-state index is -0.441. The fourth-order valence-corrected chi connectivity index (χ4v) is 4.72. The van der Waals surface area contributed by atoms with E-state index in [9.17, 15) is 10.1 Å². The molecule has 0 radical (unpaired) electrons. The highest BCUT2D eigenvalue weighted by molar-refractivity contribution is 6.32. The predicted molar refractivity (Wildman–Crippen MR) is 130 cm³/mol. The number of benzene rings is 2. The molecule has 1 atom stereocenters. The summed E-state index contributed by atoms with van der Waals surface area (Å²) < 4.78 is 0. The van der Waals surface area contributed by atoms with Crippen LogP contribution in [-0.2, 0) is 4.79 Å². The number of hydrogen-bond donors (Lipinski definition) is 1. The van der Waals surface area contributed by atoms with Crippen molar-refractivity contribution in [3.63, 3.8) is 0 Å². The van der Waals surface area contributed by atoms with E-state index in [1.165, 1.54) is 5.56 Å². The molecule has 1 aliphatic rings. The smallest absolute Gasteiger partial charge is 0.266 e. The first-order valence-corrected chi connectivity index (χ1v) is 11.1. The van der Waals surface area contributed by atoms with E-state index in [0.29, 0.717) is 22.2 Å². The maximum absolute atomic E-state index is 12.7. The van der Waals surface area contributed by atoms with E-state index < -0.39 is 5.91 Å². The number of hydrogen-bond acceptors (Lipinski definition) is 3. The third-order valence-electron chi connectivity index (χ3n) is 5.89. The molecular formula is C26H30ClN3O. The Morgan fingerprint density at radius 3 is 2.74 bits per heavy atom. The van der Waals surface area contributed by atoms with Gasteiger partial charge >= 0.3 is 0 Å². The summed E-state index contributed by atoms with van der Waals surface area (Å²) in [7, 11) is 0. The molecule has 0 saturated heterocycles. The second-order valence-electron chi connectivity index (χ2n) is 9.00. The lowest BCUT2D eigenvalue weighted by atomic mass is 9.79. The van der Waals surface area contributed by atoms with Crippen LogP contribution in [-0.4, -0.2) is 18.0 Å². The molecule has 0 aliphatic carbocycles. The summed E-state index contributed by atoms with van der Waals surface area (Å²) in [6, 6.07) is 13.5. The van der Waals surface area contributed by atoms with Crippen LogP contribution < -0.4 is 10.2 Å². The number of nitrogens with one attached hydrogen (secondary N) is 1. The van der Waals surface area contributed by atoms with Crippen LogP contribution in [0.4, 0.5) is 11.4 Å². The van der Waals surface area contributed by atoms with Gasteiger partial charge in [0.05, 0.1) is 0 Å². The summed E-state index contributed by atoms with van der Waals surface area (Å²) in [5, 5.41) is 13.0. The summed E-state index contributed by atoms with van der Waals surface area (Å²) in [6.45, 7) is 11.9. The number of amides is 1. The van der Waals surface area contributed by atoms with Gasteiger partial charge < -0.3 is 10.2 Å². The summed E-state index contributed by atoms with van der Waals surface area (Å²) in [4.78, 5) is 15.1. The molecule has 3 rings (SSSR count). The molecular weight excluding hydrogens is 406 g/mol. The standard InChI is InChI=1S/C26H30ClN3O/c1-6-10-30-24-14-23(27)19(13-22(24)18(3)15-26(30,4)5)12-20(16-28)25(31)29-21-9-7-8-17(2)11-21/h7-9,11-14,18H,6,10,15H2,1-5H3,(H,29,31)/b20-12+. The van der Waals surface area contributed by atoms with Crippen molar-refractivity contribution < 1.29 is 4.79 Å². The first kappa shape index (κ1) is 22.9. The number of fused-ring (bicyclic) bond motifs is 1. The Morgan fingerprint density at radius 1 is 1.35 bits per heavy atom. The van der Waals surface area contributed by atoms with Crippen LogP contribution in [0.15, 0.2) is 42.0 Å². The zero-order valence-electron chi connectivity index (χ0n) is 18.9. The van der Waals surface area contributed by atoms with E-state index in [1.807, 2.05) is 43.3 Å². The molecule has 0 spiro atoms. The van der Waals surface area contributed by atoms with Gasteiger partial charge in [-0.25, -0.2) is 0 Å². The van der Waals surface area contributed by atoms with Crippen molar-refractivity contribution in [1.29, 1.82) is 5.26 Å². The number of halogens is 1. The lowest BCUT2D eigenvalue weighted by molar-refractivity contribution is -0.112. The van der Waals surface area contributed by atoms with Gasteiger partial charge in [-0.1, -0.05) is 37.6 Å². The minimum absolute atomic E-state index is 0.0255. The van der Waals surface area contributed by atoms with Crippen molar-refractivity contribution in [2.75, 3.05) is 16.8 Å².